The van der Waals surface area contributed by atoms with Crippen LogP contribution in [-0.2, 0) is 17.8 Å². The number of hydrogen-bond donors (Lipinski definition) is 0. The first-order chi connectivity index (χ1) is 13.5. The first kappa shape index (κ1) is 19.9. The molecule has 1 amide bonds. The van der Waals surface area contributed by atoms with Crippen molar-refractivity contribution in [3.05, 3.63) is 65.0 Å². The van der Waals surface area contributed by atoms with Crippen LogP contribution < -0.4 is 4.74 Å². The molecule has 3 aromatic rings. The van der Waals surface area contributed by atoms with E-state index in [2.05, 4.69) is 10.2 Å². The van der Waals surface area contributed by atoms with Gasteiger partial charge in [-0.2, -0.15) is 0 Å². The lowest BCUT2D eigenvalue weighted by atomic mass is 10.1. The van der Waals surface area contributed by atoms with Crippen LogP contribution in [0.5, 0.6) is 5.75 Å². The first-order valence-corrected chi connectivity index (χ1v) is 9.36. The van der Waals surface area contributed by atoms with Gasteiger partial charge in [-0.05, 0) is 32.0 Å². The van der Waals surface area contributed by atoms with Gasteiger partial charge in [0.1, 0.15) is 5.75 Å². The average Bonchev–Trinajstić information content (AvgIpc) is 3.15. The average molecular weight is 400 g/mol. The lowest BCUT2D eigenvalue weighted by Crippen LogP contribution is -2.37. The molecule has 1 heterocycles. The number of carbonyl (C=O) groups is 1. The van der Waals surface area contributed by atoms with Crippen molar-refractivity contribution in [2.75, 3.05) is 7.11 Å². The maximum Gasteiger partial charge on any atom is 0.249 e. The second-order valence-electron chi connectivity index (χ2n) is 6.58. The third-order valence-electron chi connectivity index (χ3n) is 4.35. The van der Waals surface area contributed by atoms with Crippen molar-refractivity contribution in [1.29, 1.82) is 0 Å². The van der Waals surface area contributed by atoms with Gasteiger partial charge in [-0.25, -0.2) is 0 Å². The number of aromatic nitrogens is 2. The third kappa shape index (κ3) is 4.51. The molecule has 146 valence electrons. The number of ether oxygens (including phenoxy) is 1. The highest BCUT2D eigenvalue weighted by Crippen LogP contribution is 2.27. The smallest absolute Gasteiger partial charge is 0.249 e. The van der Waals surface area contributed by atoms with E-state index in [-0.39, 0.29) is 24.9 Å². The van der Waals surface area contributed by atoms with Gasteiger partial charge in [0, 0.05) is 11.6 Å². The van der Waals surface area contributed by atoms with E-state index in [0.717, 1.165) is 5.56 Å². The van der Waals surface area contributed by atoms with Crippen LogP contribution in [0.3, 0.4) is 0 Å². The molecular weight excluding hydrogens is 378 g/mol. The highest BCUT2D eigenvalue weighted by molar-refractivity contribution is 6.33. The fraction of sp³-hybridized carbons (Fsp3) is 0.286. The Morgan fingerprint density at radius 2 is 1.86 bits per heavy atom. The number of rotatable bonds is 7. The molecule has 0 saturated heterocycles. The van der Waals surface area contributed by atoms with Crippen LogP contribution in [0.25, 0.3) is 11.5 Å². The molecule has 0 aliphatic heterocycles. The number of hydrogen-bond acceptors (Lipinski definition) is 5. The first-order valence-electron chi connectivity index (χ1n) is 8.98. The largest absolute Gasteiger partial charge is 0.496 e. The van der Waals surface area contributed by atoms with Gasteiger partial charge >= 0.3 is 0 Å². The molecule has 6 nitrogen and oxygen atoms in total. The minimum absolute atomic E-state index is 0.0297. The highest BCUT2D eigenvalue weighted by atomic mass is 35.5. The minimum Gasteiger partial charge on any atom is -0.496 e. The van der Waals surface area contributed by atoms with Crippen molar-refractivity contribution in [2.24, 2.45) is 0 Å². The van der Waals surface area contributed by atoms with Gasteiger partial charge in [0.15, 0.2) is 0 Å². The topological polar surface area (TPSA) is 68.5 Å². The molecule has 0 atom stereocenters. The zero-order valence-corrected chi connectivity index (χ0v) is 16.8. The molecule has 2 aromatic carbocycles. The molecule has 0 saturated carbocycles. The summed E-state index contributed by atoms with van der Waals surface area (Å²) in [5, 5.41) is 8.69. The SMILES string of the molecule is COc1ccccc1CC(=O)N(Cc1nnc(-c2ccccc2Cl)o1)C(C)C. The van der Waals surface area contributed by atoms with E-state index in [1.54, 1.807) is 18.1 Å². The Balaban J connectivity index is 1.77. The Morgan fingerprint density at radius 3 is 2.57 bits per heavy atom. The molecular formula is C21H22ClN3O3. The summed E-state index contributed by atoms with van der Waals surface area (Å²) in [5.74, 6) is 1.34. The molecule has 0 fully saturated rings. The van der Waals surface area contributed by atoms with Crippen LogP contribution in [0.15, 0.2) is 52.9 Å². The maximum atomic E-state index is 12.9. The van der Waals surface area contributed by atoms with Gasteiger partial charge in [0.2, 0.25) is 17.7 Å². The summed E-state index contributed by atoms with van der Waals surface area (Å²) < 4.78 is 11.1. The van der Waals surface area contributed by atoms with Gasteiger partial charge in [-0.1, -0.05) is 41.9 Å². The number of para-hydroxylation sites is 1. The Bertz CT molecular complexity index is 955. The Morgan fingerprint density at radius 1 is 1.14 bits per heavy atom. The van der Waals surface area contributed by atoms with Gasteiger partial charge < -0.3 is 14.1 Å². The molecule has 0 spiro atoms. The molecule has 28 heavy (non-hydrogen) atoms. The van der Waals surface area contributed by atoms with Crippen LogP contribution in [0.2, 0.25) is 5.02 Å². The van der Waals surface area contributed by atoms with Gasteiger partial charge in [-0.15, -0.1) is 10.2 Å². The summed E-state index contributed by atoms with van der Waals surface area (Å²) in [4.78, 5) is 14.6. The van der Waals surface area contributed by atoms with E-state index in [1.807, 2.05) is 56.3 Å². The van der Waals surface area contributed by atoms with E-state index < -0.39 is 0 Å². The molecule has 0 radical (unpaired) electrons. The predicted octanol–water partition coefficient (Wildman–Crippen LogP) is 4.38. The van der Waals surface area contributed by atoms with Gasteiger partial charge in [0.05, 0.1) is 30.7 Å². The summed E-state index contributed by atoms with van der Waals surface area (Å²) in [6, 6.07) is 14.7. The van der Waals surface area contributed by atoms with Crippen molar-refractivity contribution in [2.45, 2.75) is 32.9 Å². The number of amides is 1. The molecule has 0 bridgehead atoms. The second-order valence-corrected chi connectivity index (χ2v) is 6.99. The Labute approximate surface area is 169 Å². The van der Waals surface area contributed by atoms with E-state index in [1.165, 1.54) is 0 Å². The maximum absolute atomic E-state index is 12.9. The lowest BCUT2D eigenvalue weighted by molar-refractivity contribution is -0.133. The fourth-order valence-corrected chi connectivity index (χ4v) is 3.10. The molecule has 0 aliphatic carbocycles. The van der Waals surface area contributed by atoms with Crippen molar-refractivity contribution >= 4 is 17.5 Å². The number of halogens is 1. The van der Waals surface area contributed by atoms with Crippen molar-refractivity contribution in [3.8, 4) is 17.2 Å². The van der Waals surface area contributed by atoms with Crippen molar-refractivity contribution < 1.29 is 13.9 Å². The van der Waals surface area contributed by atoms with Crippen LogP contribution in [0, 0.1) is 0 Å². The lowest BCUT2D eigenvalue weighted by Gasteiger charge is -2.25. The van der Waals surface area contributed by atoms with Crippen molar-refractivity contribution in [3.63, 3.8) is 0 Å². The number of benzene rings is 2. The summed E-state index contributed by atoms with van der Waals surface area (Å²) in [5.41, 5.74) is 1.50. The zero-order chi connectivity index (χ0) is 20.1. The van der Waals surface area contributed by atoms with Gasteiger partial charge in [-0.3, -0.25) is 4.79 Å². The molecule has 1 aromatic heterocycles. The quantitative estimate of drug-likeness (QED) is 0.589. The Kier molecular flexibility index (Phi) is 6.31. The van der Waals surface area contributed by atoms with Crippen LogP contribution in [0.1, 0.15) is 25.3 Å². The summed E-state index contributed by atoms with van der Waals surface area (Å²) in [6.45, 7) is 4.13. The molecule has 0 unspecified atom stereocenters. The van der Waals surface area contributed by atoms with Crippen LogP contribution >= 0.6 is 11.6 Å². The predicted molar refractivity (Wildman–Crippen MR) is 107 cm³/mol. The normalized spacial score (nSPS) is 10.9. The molecule has 7 heteroatoms. The summed E-state index contributed by atoms with van der Waals surface area (Å²) in [7, 11) is 1.60. The number of nitrogens with zero attached hydrogens (tertiary/aromatic N) is 3. The van der Waals surface area contributed by atoms with Crippen molar-refractivity contribution in [1.82, 2.24) is 15.1 Å². The zero-order valence-electron chi connectivity index (χ0n) is 16.1. The number of carbonyl (C=O) groups excluding carboxylic acids is 1. The van der Waals surface area contributed by atoms with Crippen LogP contribution in [0.4, 0.5) is 0 Å². The molecule has 0 aliphatic rings. The monoisotopic (exact) mass is 399 g/mol. The molecule has 3 rings (SSSR count). The third-order valence-corrected chi connectivity index (χ3v) is 4.68. The van der Waals surface area contributed by atoms with E-state index in [0.29, 0.717) is 28.1 Å². The minimum atomic E-state index is -0.0445. The van der Waals surface area contributed by atoms with E-state index >= 15 is 0 Å². The number of methoxy groups -OCH3 is 1. The molecule has 0 N–H and O–H groups in total. The highest BCUT2D eigenvalue weighted by Gasteiger charge is 2.22. The Hall–Kier alpha value is -2.86. The van der Waals surface area contributed by atoms with Gasteiger partial charge in [0.25, 0.3) is 0 Å². The fourth-order valence-electron chi connectivity index (χ4n) is 2.88. The van der Waals surface area contributed by atoms with E-state index in [9.17, 15) is 4.79 Å². The second kappa shape index (κ2) is 8.89. The standard InChI is InChI=1S/C21H22ClN3O3/c1-14(2)25(20(26)12-15-8-4-7-11-18(15)27-3)13-19-23-24-21(28-19)16-9-5-6-10-17(16)22/h4-11,14H,12-13H2,1-3H3. The summed E-state index contributed by atoms with van der Waals surface area (Å²) >= 11 is 6.19. The van der Waals surface area contributed by atoms with E-state index in [4.69, 9.17) is 20.8 Å². The summed E-state index contributed by atoms with van der Waals surface area (Å²) in [6.07, 6.45) is 0.230. The van der Waals surface area contributed by atoms with Crippen LogP contribution in [-0.4, -0.2) is 34.2 Å².